The van der Waals surface area contributed by atoms with Crippen molar-refractivity contribution >= 4 is 30.9 Å². The molecule has 0 radical (unpaired) electrons. The molecular weight excluding hydrogens is 587 g/mol. The lowest BCUT2D eigenvalue weighted by Crippen LogP contribution is -2.44. The van der Waals surface area contributed by atoms with Crippen LogP contribution in [-0.2, 0) is 16.8 Å². The maximum atomic E-state index is 13.8. The van der Waals surface area contributed by atoms with Crippen molar-refractivity contribution in [3.05, 3.63) is 61.5 Å². The van der Waals surface area contributed by atoms with Crippen molar-refractivity contribution in [2.45, 2.75) is 110 Å². The molecule has 1 N–H and O–H groups in total. The van der Waals surface area contributed by atoms with Crippen LogP contribution in [0.25, 0.3) is 0 Å². The number of benzene rings is 1. The maximum Gasteiger partial charge on any atom is 0.270 e. The fourth-order valence-electron chi connectivity index (χ4n) is 4.70. The van der Waals surface area contributed by atoms with E-state index in [1.807, 2.05) is 0 Å². The second-order valence-corrected chi connectivity index (χ2v) is 18.9. The fraction of sp³-hybridized carbons (Fsp3) is 0.621. The Balaban J connectivity index is 2.18. The van der Waals surface area contributed by atoms with Gasteiger partial charge in [-0.25, -0.2) is 8.78 Å². The number of halogens is 3. The van der Waals surface area contributed by atoms with E-state index in [9.17, 15) is 13.9 Å². The molecule has 1 aliphatic rings. The summed E-state index contributed by atoms with van der Waals surface area (Å²) in [5.74, 6) is -2.83. The summed E-state index contributed by atoms with van der Waals surface area (Å²) >= 11 is 2.36. The quantitative estimate of drug-likeness (QED) is 0.256. The molecule has 0 spiro atoms. The highest BCUT2D eigenvalue weighted by Gasteiger charge is 2.44. The van der Waals surface area contributed by atoms with Crippen molar-refractivity contribution in [3.63, 3.8) is 0 Å². The summed E-state index contributed by atoms with van der Waals surface area (Å²) in [4.78, 5) is 5.17. The number of alkyl halides is 2. The second-order valence-electron chi connectivity index (χ2n) is 13.1. The minimum atomic E-state index is -2.92. The van der Waals surface area contributed by atoms with Gasteiger partial charge in [0.1, 0.15) is 6.10 Å². The number of hydrogen-bond acceptors (Lipinski definition) is 3. The number of rotatable bonds is 6. The van der Waals surface area contributed by atoms with Crippen LogP contribution >= 0.6 is 22.6 Å². The lowest BCUT2D eigenvalue weighted by molar-refractivity contribution is 0.0174. The van der Waals surface area contributed by atoms with Crippen molar-refractivity contribution in [2.75, 3.05) is 0 Å². The SMILES string of the molecule is CC(C)c1nc2c(c(I)c1C(O)c1ccc(C(C)(F)F)cc1)[C@H](O[Si](C)(C)C(C)(C)C)CC(C)(C)C2. The first kappa shape index (κ1) is 29.6. The fourth-order valence-corrected chi connectivity index (χ4v) is 7.20. The highest BCUT2D eigenvalue weighted by Crippen LogP contribution is 2.50. The van der Waals surface area contributed by atoms with E-state index in [1.54, 1.807) is 12.1 Å². The highest BCUT2D eigenvalue weighted by atomic mass is 127. The number of aliphatic hydroxyl groups excluding tert-OH is 1. The van der Waals surface area contributed by atoms with E-state index in [2.05, 4.69) is 84.2 Å². The number of aromatic nitrogens is 1. The molecule has 0 bridgehead atoms. The van der Waals surface area contributed by atoms with Gasteiger partial charge in [-0.3, -0.25) is 4.98 Å². The monoisotopic (exact) mass is 629 g/mol. The molecule has 1 heterocycles. The molecule has 0 fully saturated rings. The summed E-state index contributed by atoms with van der Waals surface area (Å²) in [7, 11) is -2.08. The van der Waals surface area contributed by atoms with Gasteiger partial charge in [0.2, 0.25) is 0 Å². The van der Waals surface area contributed by atoms with Gasteiger partial charge in [-0.15, -0.1) is 0 Å². The first-order valence-corrected chi connectivity index (χ1v) is 16.8. The molecule has 36 heavy (non-hydrogen) atoms. The van der Waals surface area contributed by atoms with Gasteiger partial charge >= 0.3 is 0 Å². The van der Waals surface area contributed by atoms with E-state index in [0.29, 0.717) is 5.56 Å². The number of hydrogen-bond donors (Lipinski definition) is 1. The van der Waals surface area contributed by atoms with Gasteiger partial charge in [0.15, 0.2) is 8.32 Å². The highest BCUT2D eigenvalue weighted by molar-refractivity contribution is 14.1. The van der Waals surface area contributed by atoms with E-state index in [0.717, 1.165) is 45.9 Å². The number of pyridine rings is 1. The summed E-state index contributed by atoms with van der Waals surface area (Å²) in [5, 5.41) is 11.7. The van der Waals surface area contributed by atoms with Crippen LogP contribution in [0.1, 0.15) is 114 Å². The van der Waals surface area contributed by atoms with Gasteiger partial charge in [-0.2, -0.15) is 0 Å². The van der Waals surface area contributed by atoms with Crippen molar-refractivity contribution in [1.82, 2.24) is 4.98 Å². The summed E-state index contributed by atoms with van der Waals surface area (Å²) in [6, 6.07) is 6.00. The third kappa shape index (κ3) is 6.05. The molecule has 3 nitrogen and oxygen atoms in total. The Morgan fingerprint density at radius 3 is 2.14 bits per heavy atom. The summed E-state index contributed by atoms with van der Waals surface area (Å²) < 4.78 is 35.5. The average Bonchev–Trinajstić information content (AvgIpc) is 2.70. The average molecular weight is 630 g/mol. The van der Waals surface area contributed by atoms with Crippen LogP contribution in [0.5, 0.6) is 0 Å². The Bertz CT molecular complexity index is 1100. The first-order valence-electron chi connectivity index (χ1n) is 12.8. The Hall–Kier alpha value is -0.903. The van der Waals surface area contributed by atoms with Crippen molar-refractivity contribution in [1.29, 1.82) is 0 Å². The summed E-state index contributed by atoms with van der Waals surface area (Å²) in [5.41, 5.74) is 4.35. The molecule has 0 aliphatic heterocycles. The predicted molar refractivity (Wildman–Crippen MR) is 154 cm³/mol. The third-order valence-electron chi connectivity index (χ3n) is 7.82. The second kappa shape index (κ2) is 10.0. The van der Waals surface area contributed by atoms with E-state index in [1.165, 1.54) is 12.1 Å². The zero-order valence-electron chi connectivity index (χ0n) is 23.4. The van der Waals surface area contributed by atoms with Crippen LogP contribution in [-0.4, -0.2) is 18.4 Å². The van der Waals surface area contributed by atoms with Crippen LogP contribution in [0.3, 0.4) is 0 Å². The van der Waals surface area contributed by atoms with Gasteiger partial charge in [-0.1, -0.05) is 72.7 Å². The van der Waals surface area contributed by atoms with Gasteiger partial charge < -0.3 is 9.53 Å². The van der Waals surface area contributed by atoms with Gasteiger partial charge in [0.25, 0.3) is 5.92 Å². The largest absolute Gasteiger partial charge is 0.410 e. The molecule has 1 aliphatic carbocycles. The topological polar surface area (TPSA) is 42.4 Å². The van der Waals surface area contributed by atoms with E-state index in [-0.39, 0.29) is 28.0 Å². The molecular formula is C29H42F2INO2Si. The van der Waals surface area contributed by atoms with Crippen LogP contribution < -0.4 is 0 Å². The molecule has 1 unspecified atom stereocenters. The smallest absolute Gasteiger partial charge is 0.270 e. The Morgan fingerprint density at radius 2 is 1.67 bits per heavy atom. The maximum absolute atomic E-state index is 13.8. The first-order chi connectivity index (χ1) is 16.2. The van der Waals surface area contributed by atoms with Crippen molar-refractivity contribution in [3.8, 4) is 0 Å². The molecule has 200 valence electrons. The molecule has 2 atom stereocenters. The van der Waals surface area contributed by atoms with Crippen LogP contribution in [0.4, 0.5) is 8.78 Å². The minimum absolute atomic E-state index is 0.0473. The Labute approximate surface area is 230 Å². The normalized spacial score (nSPS) is 19.4. The van der Waals surface area contributed by atoms with E-state index < -0.39 is 20.3 Å². The molecule has 2 aromatic rings. The zero-order valence-corrected chi connectivity index (χ0v) is 26.5. The third-order valence-corrected chi connectivity index (χ3v) is 13.5. The van der Waals surface area contributed by atoms with Gasteiger partial charge in [0, 0.05) is 32.9 Å². The Morgan fingerprint density at radius 1 is 1.11 bits per heavy atom. The minimum Gasteiger partial charge on any atom is -0.410 e. The van der Waals surface area contributed by atoms with Gasteiger partial charge in [-0.05, 0) is 70.5 Å². The summed E-state index contributed by atoms with van der Waals surface area (Å²) in [6.45, 7) is 20.9. The molecule has 0 saturated heterocycles. The lowest BCUT2D eigenvalue weighted by Gasteiger charge is -2.44. The van der Waals surface area contributed by atoms with Crippen molar-refractivity contribution < 1.29 is 18.3 Å². The molecule has 3 rings (SSSR count). The Kier molecular flexibility index (Phi) is 8.24. The summed E-state index contributed by atoms with van der Waals surface area (Å²) in [6.07, 6.45) is 0.681. The molecule has 1 aromatic heterocycles. The van der Waals surface area contributed by atoms with E-state index in [4.69, 9.17) is 9.41 Å². The van der Waals surface area contributed by atoms with Crippen LogP contribution in [0.15, 0.2) is 24.3 Å². The number of nitrogens with zero attached hydrogens (tertiary/aromatic N) is 1. The van der Waals surface area contributed by atoms with Crippen LogP contribution in [0.2, 0.25) is 18.1 Å². The molecule has 0 amide bonds. The molecule has 7 heteroatoms. The van der Waals surface area contributed by atoms with Crippen molar-refractivity contribution in [2.24, 2.45) is 5.41 Å². The number of fused-ring (bicyclic) bond motifs is 1. The standard InChI is InChI=1S/C29H42F2INO2Si/c1-17(2)25-23(26(34)18-11-13-19(14-12-18)29(8,30)31)24(32)22-20(33-25)15-28(6,7)16-21(22)35-36(9,10)27(3,4)5/h11-14,17,21,26,34H,15-16H2,1-10H3/t21-,26?/m1/s1. The van der Waals surface area contributed by atoms with E-state index >= 15 is 0 Å². The number of aliphatic hydroxyl groups is 1. The predicted octanol–water partition coefficient (Wildman–Crippen LogP) is 9.04. The zero-order chi connectivity index (χ0) is 27.4. The molecule has 0 saturated carbocycles. The molecule has 1 aromatic carbocycles. The van der Waals surface area contributed by atoms with Crippen LogP contribution in [0, 0.1) is 8.99 Å². The lowest BCUT2D eigenvalue weighted by atomic mass is 9.74. The van der Waals surface area contributed by atoms with Gasteiger partial charge in [0.05, 0.1) is 11.8 Å².